The summed E-state index contributed by atoms with van der Waals surface area (Å²) < 4.78 is 41.9. The summed E-state index contributed by atoms with van der Waals surface area (Å²) in [6.45, 7) is 0.964. The molecule has 10 heteroatoms. The molecule has 4 aromatic rings. The number of aromatic nitrogens is 3. The zero-order valence-electron chi connectivity index (χ0n) is 17.3. The van der Waals surface area contributed by atoms with Crippen molar-refractivity contribution in [1.82, 2.24) is 20.1 Å². The number of halogens is 1. The lowest BCUT2D eigenvalue weighted by molar-refractivity contribution is 0.0951. The Bertz CT molecular complexity index is 1320. The number of amides is 1. The van der Waals surface area contributed by atoms with Gasteiger partial charge in [-0.05, 0) is 59.7 Å². The van der Waals surface area contributed by atoms with Crippen LogP contribution in [0.3, 0.4) is 0 Å². The molecule has 1 aromatic heterocycles. The monoisotopic (exact) mass is 465 g/mol. The lowest BCUT2D eigenvalue weighted by atomic mass is 10.1. The normalized spacial score (nSPS) is 11.2. The van der Waals surface area contributed by atoms with Gasteiger partial charge in [-0.25, -0.2) is 22.5 Å². The smallest absolute Gasteiger partial charge is 0.261 e. The van der Waals surface area contributed by atoms with E-state index < -0.39 is 15.8 Å². The molecule has 0 spiro atoms. The fourth-order valence-corrected chi connectivity index (χ4v) is 4.12. The van der Waals surface area contributed by atoms with Gasteiger partial charge < -0.3 is 5.32 Å². The number of carbonyl (C=O) groups excluding carboxylic acids is 1. The Morgan fingerprint density at radius 3 is 2.21 bits per heavy atom. The molecule has 0 aliphatic rings. The molecule has 8 nitrogen and oxygen atoms in total. The average Bonchev–Trinajstić information content (AvgIpc) is 3.32. The second-order valence-corrected chi connectivity index (χ2v) is 8.91. The van der Waals surface area contributed by atoms with Crippen LogP contribution in [0.15, 0.2) is 90.3 Å². The van der Waals surface area contributed by atoms with E-state index in [1.54, 1.807) is 11.0 Å². The molecular weight excluding hydrogens is 445 g/mol. The Balaban J connectivity index is 1.32. The molecule has 33 heavy (non-hydrogen) atoms. The highest BCUT2D eigenvalue weighted by atomic mass is 32.2. The van der Waals surface area contributed by atoms with E-state index in [9.17, 15) is 17.6 Å². The van der Waals surface area contributed by atoms with Crippen LogP contribution in [0.2, 0.25) is 0 Å². The van der Waals surface area contributed by atoms with Crippen LogP contribution in [0.4, 0.5) is 10.1 Å². The lowest BCUT2D eigenvalue weighted by Gasteiger charge is -2.10. The predicted octanol–water partition coefficient (Wildman–Crippen LogP) is 3.20. The number of hydrogen-bond acceptors (Lipinski definition) is 5. The summed E-state index contributed by atoms with van der Waals surface area (Å²) in [7, 11) is -3.86. The van der Waals surface area contributed by atoms with Crippen molar-refractivity contribution in [3.63, 3.8) is 0 Å². The van der Waals surface area contributed by atoms with E-state index >= 15 is 0 Å². The summed E-state index contributed by atoms with van der Waals surface area (Å²) in [6, 6.07) is 18.3. The minimum atomic E-state index is -3.86. The van der Waals surface area contributed by atoms with E-state index in [2.05, 4.69) is 20.1 Å². The number of nitrogens with one attached hydrogen (secondary N) is 2. The summed E-state index contributed by atoms with van der Waals surface area (Å²) in [5.41, 5.74) is 2.69. The summed E-state index contributed by atoms with van der Waals surface area (Å²) in [5, 5.41) is 6.91. The SMILES string of the molecule is O=C(NCc1ccc(Cn2cncn2)cc1)c1ccc(NS(=O)(=O)c2ccc(F)cc2)cc1. The Kier molecular flexibility index (Phi) is 6.45. The molecule has 0 atom stereocenters. The number of anilines is 1. The lowest BCUT2D eigenvalue weighted by Crippen LogP contribution is -2.22. The number of benzene rings is 3. The van der Waals surface area contributed by atoms with Crippen LogP contribution in [0.25, 0.3) is 0 Å². The molecule has 0 aliphatic carbocycles. The van der Waals surface area contributed by atoms with Gasteiger partial charge in [0.15, 0.2) is 0 Å². The standard InChI is InChI=1S/C23H20FN5O3S/c24-20-7-11-22(12-8-20)33(31,32)28-21-9-5-19(6-10-21)23(30)26-13-17-1-3-18(4-2-17)14-29-16-25-15-27-29/h1-12,15-16,28H,13-14H2,(H,26,30). The van der Waals surface area contributed by atoms with Crippen molar-refractivity contribution in [1.29, 1.82) is 0 Å². The Hall–Kier alpha value is -4.05. The first kappa shape index (κ1) is 22.2. The van der Waals surface area contributed by atoms with Gasteiger partial charge in [-0.15, -0.1) is 0 Å². The molecule has 4 rings (SSSR count). The molecule has 0 fully saturated rings. The molecule has 0 radical (unpaired) electrons. The Labute approximate surface area is 190 Å². The maximum absolute atomic E-state index is 13.0. The zero-order valence-corrected chi connectivity index (χ0v) is 18.2. The van der Waals surface area contributed by atoms with Crippen LogP contribution in [0.5, 0.6) is 0 Å². The van der Waals surface area contributed by atoms with E-state index in [1.807, 2.05) is 24.3 Å². The number of sulfonamides is 1. The van der Waals surface area contributed by atoms with Crippen molar-refractivity contribution in [2.24, 2.45) is 0 Å². The average molecular weight is 466 g/mol. The maximum Gasteiger partial charge on any atom is 0.261 e. The molecule has 168 valence electrons. The van der Waals surface area contributed by atoms with Gasteiger partial charge in [-0.1, -0.05) is 24.3 Å². The molecule has 0 unspecified atom stereocenters. The molecule has 0 bridgehead atoms. The largest absolute Gasteiger partial charge is 0.348 e. The van der Waals surface area contributed by atoms with Crippen LogP contribution < -0.4 is 10.0 Å². The second-order valence-electron chi connectivity index (χ2n) is 7.23. The van der Waals surface area contributed by atoms with Crippen molar-refractivity contribution in [3.05, 3.63) is 108 Å². The van der Waals surface area contributed by atoms with Crippen LogP contribution in [-0.2, 0) is 23.1 Å². The quantitative estimate of drug-likeness (QED) is 0.416. The van der Waals surface area contributed by atoms with Crippen LogP contribution in [0, 0.1) is 5.82 Å². The second kappa shape index (κ2) is 9.61. The highest BCUT2D eigenvalue weighted by molar-refractivity contribution is 7.92. The minimum absolute atomic E-state index is 0.0574. The van der Waals surface area contributed by atoms with E-state index in [1.165, 1.54) is 42.7 Å². The van der Waals surface area contributed by atoms with Gasteiger partial charge in [0.1, 0.15) is 18.5 Å². The predicted molar refractivity (Wildman–Crippen MR) is 120 cm³/mol. The highest BCUT2D eigenvalue weighted by Gasteiger charge is 2.14. The minimum Gasteiger partial charge on any atom is -0.348 e. The van der Waals surface area contributed by atoms with Crippen LogP contribution >= 0.6 is 0 Å². The third-order valence-electron chi connectivity index (χ3n) is 4.81. The topological polar surface area (TPSA) is 106 Å². The number of rotatable bonds is 8. The van der Waals surface area contributed by atoms with Gasteiger partial charge in [0.05, 0.1) is 11.4 Å². The van der Waals surface area contributed by atoms with Crippen LogP contribution in [0.1, 0.15) is 21.5 Å². The zero-order chi connectivity index (χ0) is 23.3. The first-order valence-corrected chi connectivity index (χ1v) is 11.4. The van der Waals surface area contributed by atoms with E-state index in [-0.39, 0.29) is 10.8 Å². The van der Waals surface area contributed by atoms with Gasteiger partial charge in [-0.2, -0.15) is 5.10 Å². The third-order valence-corrected chi connectivity index (χ3v) is 6.21. The maximum atomic E-state index is 13.0. The van der Waals surface area contributed by atoms with E-state index in [4.69, 9.17) is 0 Å². The molecule has 1 amide bonds. The number of carbonyl (C=O) groups is 1. The van der Waals surface area contributed by atoms with Crippen molar-refractivity contribution in [2.75, 3.05) is 4.72 Å². The summed E-state index contributed by atoms with van der Waals surface area (Å²) >= 11 is 0. The van der Waals surface area contributed by atoms with Crippen molar-refractivity contribution < 1.29 is 17.6 Å². The molecule has 0 saturated carbocycles. The van der Waals surface area contributed by atoms with Crippen molar-refractivity contribution in [3.8, 4) is 0 Å². The highest BCUT2D eigenvalue weighted by Crippen LogP contribution is 2.17. The summed E-state index contributed by atoms with van der Waals surface area (Å²) in [6.07, 6.45) is 3.13. The first-order chi connectivity index (χ1) is 15.9. The molecular formula is C23H20FN5O3S. The third kappa shape index (κ3) is 5.80. The van der Waals surface area contributed by atoms with E-state index in [0.717, 1.165) is 23.3 Å². The Morgan fingerprint density at radius 2 is 1.58 bits per heavy atom. The van der Waals surface area contributed by atoms with Gasteiger partial charge in [0.2, 0.25) is 0 Å². The molecule has 2 N–H and O–H groups in total. The molecule has 0 saturated heterocycles. The fourth-order valence-electron chi connectivity index (χ4n) is 3.07. The molecule has 1 heterocycles. The summed E-state index contributed by atoms with van der Waals surface area (Å²) in [5.74, 6) is -0.804. The van der Waals surface area contributed by atoms with Crippen molar-refractivity contribution >= 4 is 21.6 Å². The number of nitrogens with zero attached hydrogens (tertiary/aromatic N) is 3. The van der Waals surface area contributed by atoms with Gasteiger partial charge in [0.25, 0.3) is 15.9 Å². The van der Waals surface area contributed by atoms with Gasteiger partial charge >= 0.3 is 0 Å². The molecule has 0 aliphatic heterocycles. The Morgan fingerprint density at radius 1 is 0.909 bits per heavy atom. The van der Waals surface area contributed by atoms with Crippen LogP contribution in [-0.4, -0.2) is 29.1 Å². The van der Waals surface area contributed by atoms with Gasteiger partial charge in [-0.3, -0.25) is 9.52 Å². The molecule has 3 aromatic carbocycles. The first-order valence-electron chi connectivity index (χ1n) is 9.96. The number of hydrogen-bond donors (Lipinski definition) is 2. The van der Waals surface area contributed by atoms with Crippen molar-refractivity contribution in [2.45, 2.75) is 18.0 Å². The summed E-state index contributed by atoms with van der Waals surface area (Å²) in [4.78, 5) is 16.3. The fraction of sp³-hybridized carbons (Fsp3) is 0.0870. The van der Waals surface area contributed by atoms with E-state index in [0.29, 0.717) is 24.3 Å². The van der Waals surface area contributed by atoms with Gasteiger partial charge in [0, 0.05) is 17.8 Å².